The first-order valence-electron chi connectivity index (χ1n) is 7.27. The molecule has 0 heterocycles. The lowest BCUT2D eigenvalue weighted by Crippen LogP contribution is -1.98. The van der Waals surface area contributed by atoms with Gasteiger partial charge in [-0.2, -0.15) is 0 Å². The first kappa shape index (κ1) is 20.0. The van der Waals surface area contributed by atoms with Gasteiger partial charge in [-0.05, 0) is 47.6 Å². The summed E-state index contributed by atoms with van der Waals surface area (Å²) in [5, 5.41) is 4.30. The van der Waals surface area contributed by atoms with Gasteiger partial charge in [0.1, 0.15) is 5.76 Å². The minimum atomic E-state index is 0.316. The van der Waals surface area contributed by atoms with E-state index in [1.54, 1.807) is 24.9 Å². The Hall–Kier alpha value is -1.03. The van der Waals surface area contributed by atoms with E-state index in [-0.39, 0.29) is 0 Å². The molecule has 0 aromatic heterocycles. The van der Waals surface area contributed by atoms with E-state index in [0.717, 1.165) is 26.8 Å². The number of halogens is 2. The average molecular weight is 372 g/mol. The fourth-order valence-electron chi connectivity index (χ4n) is 2.05. The number of ether oxygens (including phenoxy) is 1. The average Bonchev–Trinajstić information content (AvgIpc) is 2.50. The molecule has 5 heteroatoms. The van der Waals surface area contributed by atoms with Crippen molar-refractivity contribution in [1.29, 1.82) is 0 Å². The van der Waals surface area contributed by atoms with E-state index in [1.165, 1.54) is 0 Å². The number of allylic oxidation sites excluding steroid dienone is 4. The summed E-state index contributed by atoms with van der Waals surface area (Å²) in [6, 6.07) is 3.74. The van der Waals surface area contributed by atoms with Crippen LogP contribution in [-0.2, 0) is 4.74 Å². The second-order valence-corrected chi connectivity index (χ2v) is 7.33. The number of hydrogen-bond acceptors (Lipinski definition) is 3. The predicted octanol–water partition coefficient (Wildman–Crippen LogP) is 6.77. The molecule has 0 fully saturated rings. The molecule has 1 N–H and O–H groups in total. The van der Waals surface area contributed by atoms with Crippen LogP contribution in [0.5, 0.6) is 0 Å². The van der Waals surface area contributed by atoms with E-state index >= 15 is 0 Å². The van der Waals surface area contributed by atoms with Gasteiger partial charge in [-0.1, -0.05) is 55.4 Å². The Morgan fingerprint density at radius 3 is 2.26 bits per heavy atom. The number of nitrogens with one attached hydrogen (secondary N) is 1. The molecule has 126 valence electrons. The standard InChI is InChI=1S/C18H23Cl2NOS/c1-7-17(22-6)14(11(2)3)8-12(4)23-18-15(19)9-13(21-5)10-16(18)20/h7-11,21H,1H2,2-6H3/b12-8+,17-14-. The van der Waals surface area contributed by atoms with Crippen LogP contribution < -0.4 is 5.32 Å². The van der Waals surface area contributed by atoms with Gasteiger partial charge in [-0.15, -0.1) is 0 Å². The summed E-state index contributed by atoms with van der Waals surface area (Å²) in [6.07, 6.45) is 3.82. The van der Waals surface area contributed by atoms with E-state index in [2.05, 4.69) is 31.8 Å². The summed E-state index contributed by atoms with van der Waals surface area (Å²) in [7, 11) is 3.49. The first-order valence-corrected chi connectivity index (χ1v) is 8.84. The predicted molar refractivity (Wildman–Crippen MR) is 105 cm³/mol. The molecule has 0 aliphatic rings. The van der Waals surface area contributed by atoms with Crippen molar-refractivity contribution in [2.75, 3.05) is 19.5 Å². The van der Waals surface area contributed by atoms with Gasteiger partial charge < -0.3 is 10.1 Å². The van der Waals surface area contributed by atoms with E-state index in [0.29, 0.717) is 16.0 Å². The molecule has 0 unspecified atom stereocenters. The number of methoxy groups -OCH3 is 1. The summed E-state index contributed by atoms with van der Waals surface area (Å²) in [5.74, 6) is 1.10. The van der Waals surface area contributed by atoms with Crippen LogP contribution in [0.1, 0.15) is 20.8 Å². The highest BCUT2D eigenvalue weighted by atomic mass is 35.5. The van der Waals surface area contributed by atoms with Gasteiger partial charge in [-0.25, -0.2) is 0 Å². The van der Waals surface area contributed by atoms with Gasteiger partial charge in [0.2, 0.25) is 0 Å². The van der Waals surface area contributed by atoms with Crippen molar-refractivity contribution < 1.29 is 4.74 Å². The maximum Gasteiger partial charge on any atom is 0.121 e. The van der Waals surface area contributed by atoms with Crippen molar-refractivity contribution in [2.24, 2.45) is 5.92 Å². The van der Waals surface area contributed by atoms with E-state index in [1.807, 2.05) is 26.1 Å². The van der Waals surface area contributed by atoms with Crippen LogP contribution in [0.25, 0.3) is 0 Å². The summed E-state index contributed by atoms with van der Waals surface area (Å²) in [6.45, 7) is 10.1. The van der Waals surface area contributed by atoms with Crippen LogP contribution in [0.15, 0.2) is 52.0 Å². The maximum absolute atomic E-state index is 6.35. The molecular weight excluding hydrogens is 349 g/mol. The second kappa shape index (κ2) is 9.31. The molecule has 1 aromatic rings. The van der Waals surface area contributed by atoms with E-state index in [9.17, 15) is 0 Å². The molecule has 1 rings (SSSR count). The lowest BCUT2D eigenvalue weighted by Gasteiger charge is -2.14. The van der Waals surface area contributed by atoms with Gasteiger partial charge in [0, 0.05) is 17.6 Å². The van der Waals surface area contributed by atoms with Crippen LogP contribution in [0.2, 0.25) is 10.0 Å². The molecule has 0 saturated carbocycles. The second-order valence-electron chi connectivity index (χ2n) is 5.26. The Bertz CT molecular complexity index is 613. The summed E-state index contributed by atoms with van der Waals surface area (Å²) in [4.78, 5) is 1.92. The molecule has 0 radical (unpaired) electrons. The van der Waals surface area contributed by atoms with E-state index in [4.69, 9.17) is 27.9 Å². The Labute approximate surface area is 153 Å². The van der Waals surface area contributed by atoms with Gasteiger partial charge in [0.05, 0.1) is 17.2 Å². The van der Waals surface area contributed by atoms with Crippen LogP contribution in [0, 0.1) is 5.92 Å². The van der Waals surface area contributed by atoms with Crippen molar-refractivity contribution >= 4 is 40.7 Å². The number of anilines is 1. The monoisotopic (exact) mass is 371 g/mol. The molecule has 0 atom stereocenters. The molecule has 2 nitrogen and oxygen atoms in total. The largest absolute Gasteiger partial charge is 0.496 e. The fourth-order valence-corrected chi connectivity index (χ4v) is 3.59. The third-order valence-corrected chi connectivity index (χ3v) is 5.12. The Balaban J connectivity index is 3.18. The van der Waals surface area contributed by atoms with Gasteiger partial charge >= 0.3 is 0 Å². The quantitative estimate of drug-likeness (QED) is 0.324. The van der Waals surface area contributed by atoms with Crippen LogP contribution in [0.3, 0.4) is 0 Å². The molecule has 0 amide bonds. The van der Waals surface area contributed by atoms with Gasteiger partial charge in [0.15, 0.2) is 0 Å². The van der Waals surface area contributed by atoms with Crippen molar-refractivity contribution in [3.8, 4) is 0 Å². The highest BCUT2D eigenvalue weighted by molar-refractivity contribution is 8.03. The molecular formula is C18H23Cl2NOS. The molecule has 0 spiro atoms. The zero-order valence-electron chi connectivity index (χ0n) is 14.2. The molecule has 0 saturated heterocycles. The summed E-state index contributed by atoms with van der Waals surface area (Å²) >= 11 is 14.2. The molecule has 0 aliphatic carbocycles. The first-order chi connectivity index (χ1) is 10.8. The van der Waals surface area contributed by atoms with Crippen molar-refractivity contribution in [3.63, 3.8) is 0 Å². The minimum absolute atomic E-state index is 0.316. The Morgan fingerprint density at radius 2 is 1.87 bits per heavy atom. The lowest BCUT2D eigenvalue weighted by atomic mass is 10.0. The molecule has 1 aromatic carbocycles. The normalized spacial score (nSPS) is 13.0. The number of thioether (sulfide) groups is 1. The fraction of sp³-hybridized carbons (Fsp3) is 0.333. The Morgan fingerprint density at radius 1 is 1.30 bits per heavy atom. The zero-order valence-corrected chi connectivity index (χ0v) is 16.5. The highest BCUT2D eigenvalue weighted by Crippen LogP contribution is 2.40. The maximum atomic E-state index is 6.35. The third-order valence-electron chi connectivity index (χ3n) is 3.22. The SMILES string of the molecule is C=C/C(OC)=C(\C=C(/C)Sc1c(Cl)cc(NC)cc1Cl)C(C)C. The summed E-state index contributed by atoms with van der Waals surface area (Å²) in [5.41, 5.74) is 1.98. The van der Waals surface area contributed by atoms with Gasteiger partial charge in [-0.3, -0.25) is 0 Å². The van der Waals surface area contributed by atoms with Crippen LogP contribution in [0.4, 0.5) is 5.69 Å². The number of benzene rings is 1. The smallest absolute Gasteiger partial charge is 0.121 e. The molecule has 0 aliphatic heterocycles. The van der Waals surface area contributed by atoms with Crippen LogP contribution in [-0.4, -0.2) is 14.2 Å². The summed E-state index contributed by atoms with van der Waals surface area (Å²) < 4.78 is 5.40. The van der Waals surface area contributed by atoms with Crippen molar-refractivity contribution in [2.45, 2.75) is 25.7 Å². The Kier molecular flexibility index (Phi) is 8.10. The van der Waals surface area contributed by atoms with Crippen LogP contribution >= 0.6 is 35.0 Å². The van der Waals surface area contributed by atoms with Gasteiger partial charge in [0.25, 0.3) is 0 Å². The third kappa shape index (κ3) is 5.52. The topological polar surface area (TPSA) is 21.3 Å². The molecule has 0 bridgehead atoms. The lowest BCUT2D eigenvalue weighted by molar-refractivity contribution is 0.300. The molecule has 23 heavy (non-hydrogen) atoms. The highest BCUT2D eigenvalue weighted by Gasteiger charge is 2.12. The number of hydrogen-bond donors (Lipinski definition) is 1. The van der Waals surface area contributed by atoms with E-state index < -0.39 is 0 Å². The minimum Gasteiger partial charge on any atom is -0.496 e. The van der Waals surface area contributed by atoms with Crippen molar-refractivity contribution in [1.82, 2.24) is 0 Å². The van der Waals surface area contributed by atoms with Crippen molar-refractivity contribution in [3.05, 3.63) is 57.1 Å². The zero-order chi connectivity index (χ0) is 17.6. The number of rotatable bonds is 7.